The van der Waals surface area contributed by atoms with Gasteiger partial charge in [0.05, 0.1) is 7.11 Å². The Morgan fingerprint density at radius 2 is 2.07 bits per heavy atom. The van der Waals surface area contributed by atoms with Crippen LogP contribution in [0.2, 0.25) is 0 Å². The molecule has 0 aliphatic rings. The lowest BCUT2D eigenvalue weighted by Crippen LogP contribution is -2.09. The monoisotopic (exact) mass is 196 g/mol. The van der Waals surface area contributed by atoms with Gasteiger partial charge in [0, 0.05) is 20.2 Å². The number of rotatable bonds is 3. The molecule has 0 bridgehead atoms. The number of nitrogens with zero attached hydrogens (tertiary/aromatic N) is 2. The second-order valence-corrected chi connectivity index (χ2v) is 2.45. The zero-order chi connectivity index (χ0) is 10.6. The van der Waals surface area contributed by atoms with Gasteiger partial charge in [0.15, 0.2) is 5.69 Å². The van der Waals surface area contributed by atoms with Crippen LogP contribution < -0.4 is 10.6 Å². The molecule has 14 heavy (non-hydrogen) atoms. The Kier molecular flexibility index (Phi) is 3.22. The fourth-order valence-corrected chi connectivity index (χ4v) is 0.896. The van der Waals surface area contributed by atoms with Gasteiger partial charge in [0.2, 0.25) is 5.95 Å². The van der Waals surface area contributed by atoms with Gasteiger partial charge in [-0.3, -0.25) is 0 Å². The van der Waals surface area contributed by atoms with Gasteiger partial charge >= 0.3 is 5.97 Å². The second kappa shape index (κ2) is 4.40. The van der Waals surface area contributed by atoms with Gasteiger partial charge in [-0.25, -0.2) is 9.78 Å². The van der Waals surface area contributed by atoms with Crippen molar-refractivity contribution in [1.29, 1.82) is 0 Å². The molecular weight excluding hydrogens is 184 g/mol. The molecule has 1 aromatic rings. The molecule has 0 aromatic carbocycles. The fraction of sp³-hybridized carbons (Fsp3) is 0.375. The van der Waals surface area contributed by atoms with Gasteiger partial charge in [-0.05, 0) is 0 Å². The molecular formula is C8H12N4O2. The molecule has 1 aromatic heterocycles. The lowest BCUT2D eigenvalue weighted by atomic mass is 10.4. The maximum atomic E-state index is 11.2. The van der Waals surface area contributed by atoms with Crippen LogP contribution in [-0.2, 0) is 4.74 Å². The first-order chi connectivity index (χ1) is 6.71. The lowest BCUT2D eigenvalue weighted by Gasteiger charge is -2.05. The molecule has 0 atom stereocenters. The smallest absolute Gasteiger partial charge is 0.356 e. The summed E-state index contributed by atoms with van der Waals surface area (Å²) in [7, 11) is 4.70. The molecule has 0 amide bonds. The Hall–Kier alpha value is -1.85. The van der Waals surface area contributed by atoms with Crippen molar-refractivity contribution in [2.75, 3.05) is 31.8 Å². The van der Waals surface area contributed by atoms with Gasteiger partial charge in [-0.15, -0.1) is 0 Å². The van der Waals surface area contributed by atoms with Gasteiger partial charge in [-0.1, -0.05) is 0 Å². The number of aromatic nitrogens is 2. The van der Waals surface area contributed by atoms with Crippen molar-refractivity contribution in [1.82, 2.24) is 9.97 Å². The summed E-state index contributed by atoms with van der Waals surface area (Å²) < 4.78 is 4.55. The molecule has 6 heteroatoms. The van der Waals surface area contributed by atoms with E-state index < -0.39 is 5.97 Å². The highest BCUT2D eigenvalue weighted by molar-refractivity contribution is 5.88. The maximum absolute atomic E-state index is 11.2. The molecule has 6 nitrogen and oxygen atoms in total. The fourth-order valence-electron chi connectivity index (χ4n) is 0.896. The predicted molar refractivity (Wildman–Crippen MR) is 52.5 cm³/mol. The quantitative estimate of drug-likeness (QED) is 0.679. The normalized spacial score (nSPS) is 9.36. The summed E-state index contributed by atoms with van der Waals surface area (Å²) in [5.41, 5.74) is 0.219. The van der Waals surface area contributed by atoms with E-state index in [0.717, 1.165) is 0 Å². The van der Waals surface area contributed by atoms with Crippen LogP contribution >= 0.6 is 0 Å². The highest BCUT2D eigenvalue weighted by atomic mass is 16.5. The van der Waals surface area contributed by atoms with E-state index in [0.29, 0.717) is 11.8 Å². The number of methoxy groups -OCH3 is 1. The maximum Gasteiger partial charge on any atom is 0.356 e. The van der Waals surface area contributed by atoms with Crippen LogP contribution in [0.5, 0.6) is 0 Å². The Balaban J connectivity index is 3.10. The average Bonchev–Trinajstić information content (AvgIpc) is 2.27. The molecule has 2 N–H and O–H groups in total. The van der Waals surface area contributed by atoms with Crippen molar-refractivity contribution in [3.8, 4) is 0 Å². The molecule has 1 rings (SSSR count). The van der Waals surface area contributed by atoms with Crippen LogP contribution in [0.15, 0.2) is 6.07 Å². The van der Waals surface area contributed by atoms with E-state index >= 15 is 0 Å². The first-order valence-corrected chi connectivity index (χ1v) is 4.04. The summed E-state index contributed by atoms with van der Waals surface area (Å²) >= 11 is 0. The number of esters is 1. The molecule has 1 heterocycles. The number of carbonyl (C=O) groups is 1. The Labute approximate surface area is 81.7 Å². The highest BCUT2D eigenvalue weighted by Gasteiger charge is 2.10. The third kappa shape index (κ3) is 2.09. The zero-order valence-electron chi connectivity index (χ0n) is 8.29. The van der Waals surface area contributed by atoms with E-state index in [4.69, 9.17) is 0 Å². The molecule has 0 aliphatic carbocycles. The number of anilines is 2. The van der Waals surface area contributed by atoms with Crippen LogP contribution in [0, 0.1) is 0 Å². The average molecular weight is 196 g/mol. The molecule has 0 saturated carbocycles. The minimum atomic E-state index is -0.486. The van der Waals surface area contributed by atoms with Crippen molar-refractivity contribution in [3.05, 3.63) is 11.8 Å². The van der Waals surface area contributed by atoms with E-state index in [1.807, 2.05) is 0 Å². The standard InChI is InChI=1S/C8H12N4O2/c1-9-6-4-5(7(13)14-3)11-8(10-2)12-6/h4H,1-3H3,(H2,9,10,11,12). The van der Waals surface area contributed by atoms with E-state index in [1.165, 1.54) is 13.2 Å². The highest BCUT2D eigenvalue weighted by Crippen LogP contribution is 2.09. The summed E-state index contributed by atoms with van der Waals surface area (Å²) in [6, 6.07) is 1.52. The summed E-state index contributed by atoms with van der Waals surface area (Å²) in [6.45, 7) is 0. The largest absolute Gasteiger partial charge is 0.464 e. The molecule has 76 valence electrons. The summed E-state index contributed by atoms with van der Waals surface area (Å²) in [5, 5.41) is 5.57. The first-order valence-electron chi connectivity index (χ1n) is 4.04. The minimum absolute atomic E-state index is 0.219. The Morgan fingerprint density at radius 1 is 1.36 bits per heavy atom. The van der Waals surface area contributed by atoms with Crippen molar-refractivity contribution in [2.45, 2.75) is 0 Å². The number of carbonyl (C=O) groups excluding carboxylic acids is 1. The summed E-state index contributed by atoms with van der Waals surface area (Å²) in [4.78, 5) is 19.2. The van der Waals surface area contributed by atoms with Crippen molar-refractivity contribution < 1.29 is 9.53 Å². The second-order valence-electron chi connectivity index (χ2n) is 2.45. The number of ether oxygens (including phenoxy) is 1. The summed E-state index contributed by atoms with van der Waals surface area (Å²) in [5.74, 6) is 0.447. The topological polar surface area (TPSA) is 76.1 Å². The van der Waals surface area contributed by atoms with Crippen LogP contribution in [0.4, 0.5) is 11.8 Å². The Morgan fingerprint density at radius 3 is 2.57 bits per heavy atom. The van der Waals surface area contributed by atoms with Gasteiger partial charge < -0.3 is 15.4 Å². The van der Waals surface area contributed by atoms with E-state index in [2.05, 4.69) is 25.3 Å². The van der Waals surface area contributed by atoms with Crippen LogP contribution in [0.3, 0.4) is 0 Å². The van der Waals surface area contributed by atoms with Crippen LogP contribution in [0.1, 0.15) is 10.5 Å². The number of nitrogens with one attached hydrogen (secondary N) is 2. The first kappa shape index (κ1) is 10.2. The van der Waals surface area contributed by atoms with E-state index in [1.54, 1.807) is 14.1 Å². The van der Waals surface area contributed by atoms with Crippen molar-refractivity contribution >= 4 is 17.7 Å². The van der Waals surface area contributed by atoms with Gasteiger partial charge in [-0.2, -0.15) is 4.98 Å². The third-order valence-electron chi connectivity index (χ3n) is 1.60. The lowest BCUT2D eigenvalue weighted by molar-refractivity contribution is 0.0594. The molecule has 0 unspecified atom stereocenters. The minimum Gasteiger partial charge on any atom is -0.464 e. The van der Waals surface area contributed by atoms with Gasteiger partial charge in [0.25, 0.3) is 0 Å². The number of hydrogen-bond acceptors (Lipinski definition) is 6. The van der Waals surface area contributed by atoms with E-state index in [-0.39, 0.29) is 5.69 Å². The molecule has 0 radical (unpaired) electrons. The van der Waals surface area contributed by atoms with Crippen molar-refractivity contribution in [3.63, 3.8) is 0 Å². The zero-order valence-corrected chi connectivity index (χ0v) is 8.29. The Bertz CT molecular complexity index is 318. The van der Waals surface area contributed by atoms with E-state index in [9.17, 15) is 4.79 Å². The molecule has 0 saturated heterocycles. The summed E-state index contributed by atoms with van der Waals surface area (Å²) in [6.07, 6.45) is 0. The molecule has 0 aliphatic heterocycles. The van der Waals surface area contributed by atoms with Crippen LogP contribution in [0.25, 0.3) is 0 Å². The third-order valence-corrected chi connectivity index (χ3v) is 1.60. The van der Waals surface area contributed by atoms with Gasteiger partial charge in [0.1, 0.15) is 5.82 Å². The number of hydrogen-bond donors (Lipinski definition) is 2. The van der Waals surface area contributed by atoms with Crippen molar-refractivity contribution in [2.24, 2.45) is 0 Å². The SMILES string of the molecule is CNc1cc(C(=O)OC)nc(NC)n1. The predicted octanol–water partition coefficient (Wildman–Crippen LogP) is 0.347. The molecule has 0 spiro atoms. The molecule has 0 fully saturated rings. The van der Waals surface area contributed by atoms with Crippen LogP contribution in [-0.4, -0.2) is 37.1 Å².